The number of imidazole rings is 1. The summed E-state index contributed by atoms with van der Waals surface area (Å²) >= 11 is 0. The molecule has 2 fully saturated rings. The Balaban J connectivity index is 1.66. The number of piperidine rings is 1. The SMILES string of the molecule is c1c[nH]c(-c2ccc([C@@]34CCCN(CC3)C4)nn2)n1. The number of fused-ring (bicyclic) bond motifs is 2. The van der Waals surface area contributed by atoms with Gasteiger partial charge in [-0.25, -0.2) is 4.98 Å². The molecule has 2 aliphatic rings. The summed E-state index contributed by atoms with van der Waals surface area (Å²) in [6, 6.07) is 4.17. The molecule has 4 heterocycles. The first-order chi connectivity index (χ1) is 9.36. The van der Waals surface area contributed by atoms with Crippen LogP contribution < -0.4 is 0 Å². The van der Waals surface area contributed by atoms with Gasteiger partial charge in [0.1, 0.15) is 5.69 Å². The molecule has 2 aliphatic heterocycles. The van der Waals surface area contributed by atoms with Crippen molar-refractivity contribution in [2.75, 3.05) is 19.6 Å². The lowest BCUT2D eigenvalue weighted by atomic mass is 9.78. The molecule has 19 heavy (non-hydrogen) atoms. The molecule has 5 heteroatoms. The van der Waals surface area contributed by atoms with Gasteiger partial charge >= 0.3 is 0 Å². The Kier molecular flexibility index (Phi) is 2.41. The van der Waals surface area contributed by atoms with Crippen molar-refractivity contribution in [3.63, 3.8) is 0 Å². The zero-order valence-corrected chi connectivity index (χ0v) is 10.8. The van der Waals surface area contributed by atoms with Crippen molar-refractivity contribution in [3.05, 3.63) is 30.2 Å². The average molecular weight is 255 g/mol. The van der Waals surface area contributed by atoms with Gasteiger partial charge in [0.15, 0.2) is 5.82 Å². The number of hydrogen-bond donors (Lipinski definition) is 1. The van der Waals surface area contributed by atoms with Crippen LogP contribution in [0.1, 0.15) is 25.0 Å². The predicted octanol–water partition coefficient (Wildman–Crippen LogP) is 1.60. The van der Waals surface area contributed by atoms with E-state index in [1.807, 2.05) is 6.07 Å². The van der Waals surface area contributed by atoms with Gasteiger partial charge in [-0.2, -0.15) is 5.10 Å². The van der Waals surface area contributed by atoms with Crippen LogP contribution in [0, 0.1) is 0 Å². The van der Waals surface area contributed by atoms with E-state index in [1.165, 1.54) is 32.4 Å². The number of hydrogen-bond acceptors (Lipinski definition) is 4. The molecule has 2 aromatic rings. The summed E-state index contributed by atoms with van der Waals surface area (Å²) < 4.78 is 0. The number of aromatic nitrogens is 4. The van der Waals surface area contributed by atoms with Crippen molar-refractivity contribution in [1.82, 2.24) is 25.1 Å². The second kappa shape index (κ2) is 4.13. The monoisotopic (exact) mass is 255 g/mol. The summed E-state index contributed by atoms with van der Waals surface area (Å²) in [5.74, 6) is 0.785. The first-order valence-electron chi connectivity index (χ1n) is 6.92. The maximum absolute atomic E-state index is 4.49. The number of rotatable bonds is 2. The van der Waals surface area contributed by atoms with Crippen molar-refractivity contribution < 1.29 is 0 Å². The van der Waals surface area contributed by atoms with Crippen molar-refractivity contribution in [1.29, 1.82) is 0 Å². The van der Waals surface area contributed by atoms with E-state index in [2.05, 4.69) is 31.1 Å². The number of nitrogens with one attached hydrogen (secondary N) is 1. The van der Waals surface area contributed by atoms with Crippen LogP contribution >= 0.6 is 0 Å². The van der Waals surface area contributed by atoms with Gasteiger partial charge in [-0.05, 0) is 44.5 Å². The molecular formula is C14H17N5. The summed E-state index contributed by atoms with van der Waals surface area (Å²) in [6.07, 6.45) is 7.29. The number of aromatic amines is 1. The van der Waals surface area contributed by atoms with E-state index in [1.54, 1.807) is 12.4 Å². The summed E-state index contributed by atoms with van der Waals surface area (Å²) in [7, 11) is 0. The van der Waals surface area contributed by atoms with Crippen LogP contribution in [0.4, 0.5) is 0 Å². The fourth-order valence-corrected chi connectivity index (χ4v) is 3.48. The van der Waals surface area contributed by atoms with Crippen LogP contribution in [0.2, 0.25) is 0 Å². The van der Waals surface area contributed by atoms with E-state index in [4.69, 9.17) is 0 Å². The molecule has 2 atom stereocenters. The van der Waals surface area contributed by atoms with E-state index in [-0.39, 0.29) is 5.41 Å². The van der Waals surface area contributed by atoms with Gasteiger partial charge in [0, 0.05) is 24.4 Å². The zero-order chi connectivity index (χ0) is 12.7. The Morgan fingerprint density at radius 3 is 2.95 bits per heavy atom. The number of nitrogens with zero attached hydrogens (tertiary/aromatic N) is 4. The quantitative estimate of drug-likeness (QED) is 0.885. The van der Waals surface area contributed by atoms with Crippen molar-refractivity contribution in [2.45, 2.75) is 24.7 Å². The zero-order valence-electron chi connectivity index (χ0n) is 10.8. The molecule has 0 saturated carbocycles. The predicted molar refractivity (Wildman–Crippen MR) is 71.6 cm³/mol. The average Bonchev–Trinajstić information content (AvgIpc) is 3.09. The first kappa shape index (κ1) is 11.1. The normalized spacial score (nSPS) is 29.6. The Morgan fingerprint density at radius 2 is 2.16 bits per heavy atom. The van der Waals surface area contributed by atoms with E-state index < -0.39 is 0 Å². The summed E-state index contributed by atoms with van der Waals surface area (Å²) in [6.45, 7) is 3.61. The largest absolute Gasteiger partial charge is 0.343 e. The lowest BCUT2D eigenvalue weighted by molar-refractivity contribution is 0.239. The third-order valence-electron chi connectivity index (χ3n) is 4.51. The van der Waals surface area contributed by atoms with Gasteiger partial charge in [0.25, 0.3) is 0 Å². The maximum atomic E-state index is 4.49. The van der Waals surface area contributed by atoms with Crippen molar-refractivity contribution >= 4 is 0 Å². The summed E-state index contributed by atoms with van der Waals surface area (Å²) in [5.41, 5.74) is 2.23. The van der Waals surface area contributed by atoms with Crippen molar-refractivity contribution in [3.8, 4) is 11.5 Å². The topological polar surface area (TPSA) is 57.7 Å². The van der Waals surface area contributed by atoms with E-state index in [0.717, 1.165) is 23.8 Å². The Morgan fingerprint density at radius 1 is 1.16 bits per heavy atom. The van der Waals surface area contributed by atoms with Crippen LogP contribution in [-0.2, 0) is 5.41 Å². The number of H-pyrrole nitrogens is 1. The molecule has 5 nitrogen and oxygen atoms in total. The van der Waals surface area contributed by atoms with Gasteiger partial charge in [-0.1, -0.05) is 0 Å². The fraction of sp³-hybridized carbons (Fsp3) is 0.500. The van der Waals surface area contributed by atoms with Crippen LogP contribution in [-0.4, -0.2) is 44.7 Å². The van der Waals surface area contributed by atoms with Gasteiger partial charge in [0.2, 0.25) is 0 Å². The molecule has 2 bridgehead atoms. The highest BCUT2D eigenvalue weighted by atomic mass is 15.2. The van der Waals surface area contributed by atoms with E-state index in [9.17, 15) is 0 Å². The Hall–Kier alpha value is -1.75. The van der Waals surface area contributed by atoms with E-state index in [0.29, 0.717) is 0 Å². The van der Waals surface area contributed by atoms with Crippen LogP contribution in [0.3, 0.4) is 0 Å². The molecule has 1 unspecified atom stereocenters. The van der Waals surface area contributed by atoms with Gasteiger partial charge < -0.3 is 9.88 Å². The molecule has 98 valence electrons. The molecule has 0 aliphatic carbocycles. The second-order valence-electron chi connectivity index (χ2n) is 5.65. The minimum absolute atomic E-state index is 0.257. The van der Waals surface area contributed by atoms with Crippen LogP contribution in [0.15, 0.2) is 24.5 Å². The van der Waals surface area contributed by atoms with Crippen molar-refractivity contribution in [2.24, 2.45) is 0 Å². The van der Waals surface area contributed by atoms with Gasteiger partial charge in [-0.15, -0.1) is 5.10 Å². The van der Waals surface area contributed by atoms with E-state index >= 15 is 0 Å². The molecule has 0 aromatic carbocycles. The molecule has 0 radical (unpaired) electrons. The maximum Gasteiger partial charge on any atom is 0.157 e. The lowest BCUT2D eigenvalue weighted by Gasteiger charge is -2.33. The second-order valence-corrected chi connectivity index (χ2v) is 5.65. The van der Waals surface area contributed by atoms with Gasteiger partial charge in [-0.3, -0.25) is 0 Å². The summed E-state index contributed by atoms with van der Waals surface area (Å²) in [5, 5.41) is 8.84. The molecular weight excluding hydrogens is 238 g/mol. The van der Waals surface area contributed by atoms with Gasteiger partial charge in [0.05, 0.1) is 5.69 Å². The highest BCUT2D eigenvalue weighted by Gasteiger charge is 2.43. The lowest BCUT2D eigenvalue weighted by Crippen LogP contribution is -2.37. The third kappa shape index (κ3) is 1.76. The standard InChI is InChI=1S/C14H17N5/c1-4-14(5-9-19(8-1)10-14)12-3-2-11(17-18-12)13-15-6-7-16-13/h2-3,6-7H,1,4-5,8-10H2,(H,15,16)/t14-/m0/s1. The minimum atomic E-state index is 0.257. The fourth-order valence-electron chi connectivity index (χ4n) is 3.48. The molecule has 0 spiro atoms. The Labute approximate surface area is 112 Å². The molecule has 0 amide bonds. The molecule has 1 N–H and O–H groups in total. The first-order valence-corrected chi connectivity index (χ1v) is 6.92. The smallest absolute Gasteiger partial charge is 0.157 e. The molecule has 4 rings (SSSR count). The van der Waals surface area contributed by atoms with Crippen LogP contribution in [0.5, 0.6) is 0 Å². The summed E-state index contributed by atoms with van der Waals surface area (Å²) in [4.78, 5) is 9.82. The van der Waals surface area contributed by atoms with Crippen LogP contribution in [0.25, 0.3) is 11.5 Å². The highest BCUT2D eigenvalue weighted by Crippen LogP contribution is 2.41. The molecule has 2 saturated heterocycles. The third-order valence-corrected chi connectivity index (χ3v) is 4.51. The molecule has 2 aromatic heterocycles. The minimum Gasteiger partial charge on any atom is -0.343 e. The highest BCUT2D eigenvalue weighted by molar-refractivity contribution is 5.47. The Bertz CT molecular complexity index is 558.